The van der Waals surface area contributed by atoms with Crippen LogP contribution in [-0.4, -0.2) is 12.6 Å². The number of benzene rings is 2. The predicted octanol–water partition coefficient (Wildman–Crippen LogP) is 4.24. The van der Waals surface area contributed by atoms with E-state index in [0.717, 1.165) is 30.8 Å². The van der Waals surface area contributed by atoms with Gasteiger partial charge in [0.15, 0.2) is 0 Å². The molecule has 0 fully saturated rings. The third kappa shape index (κ3) is 4.95. The highest BCUT2D eigenvalue weighted by Gasteiger charge is 2.04. The quantitative estimate of drug-likeness (QED) is 0.594. The van der Waals surface area contributed by atoms with Crippen molar-refractivity contribution in [2.75, 3.05) is 17.6 Å². The van der Waals surface area contributed by atoms with Crippen LogP contribution in [0.2, 0.25) is 0 Å². The van der Waals surface area contributed by atoms with E-state index in [9.17, 15) is 4.39 Å². The van der Waals surface area contributed by atoms with Crippen molar-refractivity contribution in [2.45, 2.75) is 32.8 Å². The van der Waals surface area contributed by atoms with Crippen LogP contribution >= 0.6 is 0 Å². The van der Waals surface area contributed by atoms with Gasteiger partial charge in [-0.3, -0.25) is 0 Å². The van der Waals surface area contributed by atoms with Crippen LogP contribution in [0.15, 0.2) is 42.5 Å². The number of ether oxygens (including phenoxy) is 1. The van der Waals surface area contributed by atoms with E-state index < -0.39 is 0 Å². The van der Waals surface area contributed by atoms with Crippen molar-refractivity contribution in [3.05, 3.63) is 53.8 Å². The number of nitrogens with two attached hydrogens (primary N) is 1. The van der Waals surface area contributed by atoms with Gasteiger partial charge in [-0.1, -0.05) is 12.1 Å². The number of aryl methyl sites for hydroxylation is 1. The molecule has 0 aromatic heterocycles. The molecule has 22 heavy (non-hydrogen) atoms. The van der Waals surface area contributed by atoms with Crippen LogP contribution in [0.4, 0.5) is 15.8 Å². The van der Waals surface area contributed by atoms with Crippen LogP contribution in [0.1, 0.15) is 25.8 Å². The Morgan fingerprint density at radius 2 is 2.00 bits per heavy atom. The van der Waals surface area contributed by atoms with Crippen molar-refractivity contribution < 1.29 is 9.13 Å². The maximum Gasteiger partial charge on any atom is 0.142 e. The molecule has 0 aliphatic carbocycles. The average molecular weight is 302 g/mol. The topological polar surface area (TPSA) is 47.3 Å². The normalized spacial score (nSPS) is 10.7. The number of nitrogens with one attached hydrogen (secondary N) is 1. The van der Waals surface area contributed by atoms with Gasteiger partial charge in [-0.15, -0.1) is 0 Å². The summed E-state index contributed by atoms with van der Waals surface area (Å²) in [6.07, 6.45) is 1.97. The highest BCUT2D eigenvalue weighted by molar-refractivity contribution is 5.54. The van der Waals surface area contributed by atoms with Crippen LogP contribution in [0.3, 0.4) is 0 Å². The zero-order chi connectivity index (χ0) is 15.9. The van der Waals surface area contributed by atoms with Crippen molar-refractivity contribution in [1.82, 2.24) is 0 Å². The van der Waals surface area contributed by atoms with E-state index in [1.54, 1.807) is 6.07 Å². The minimum Gasteiger partial charge on any atom is -0.489 e. The second-order valence-electron chi connectivity index (χ2n) is 5.58. The van der Waals surface area contributed by atoms with Crippen LogP contribution < -0.4 is 15.8 Å². The van der Waals surface area contributed by atoms with Gasteiger partial charge in [-0.05, 0) is 62.6 Å². The highest BCUT2D eigenvalue weighted by atomic mass is 19.1. The maximum absolute atomic E-state index is 13.0. The molecular formula is C18H23FN2O. The van der Waals surface area contributed by atoms with E-state index in [4.69, 9.17) is 10.5 Å². The summed E-state index contributed by atoms with van der Waals surface area (Å²) < 4.78 is 18.7. The summed E-state index contributed by atoms with van der Waals surface area (Å²) in [4.78, 5) is 0. The summed E-state index contributed by atoms with van der Waals surface area (Å²) in [6.45, 7) is 4.74. The lowest BCUT2D eigenvalue weighted by Gasteiger charge is -2.13. The van der Waals surface area contributed by atoms with Crippen LogP contribution in [0.25, 0.3) is 0 Å². The van der Waals surface area contributed by atoms with Crippen molar-refractivity contribution >= 4 is 11.4 Å². The van der Waals surface area contributed by atoms with Gasteiger partial charge in [0.05, 0.1) is 11.8 Å². The molecule has 0 bridgehead atoms. The molecule has 0 aliphatic rings. The summed E-state index contributed by atoms with van der Waals surface area (Å²) in [6, 6.07) is 12.4. The smallest absolute Gasteiger partial charge is 0.142 e. The molecule has 0 radical (unpaired) electrons. The fourth-order valence-electron chi connectivity index (χ4n) is 2.24. The van der Waals surface area contributed by atoms with E-state index in [1.165, 1.54) is 17.7 Å². The Bertz CT molecular complexity index is 614. The Balaban J connectivity index is 1.81. The zero-order valence-corrected chi connectivity index (χ0v) is 13.1. The van der Waals surface area contributed by atoms with Crippen molar-refractivity contribution in [3.8, 4) is 5.75 Å². The molecule has 0 aliphatic heterocycles. The molecule has 0 spiro atoms. The van der Waals surface area contributed by atoms with Crippen LogP contribution in [-0.2, 0) is 6.42 Å². The summed E-state index contributed by atoms with van der Waals surface area (Å²) in [7, 11) is 0. The molecule has 0 unspecified atom stereocenters. The summed E-state index contributed by atoms with van der Waals surface area (Å²) in [5.74, 6) is 0.509. The second kappa shape index (κ2) is 7.69. The molecule has 0 saturated heterocycles. The number of nitrogen functional groups attached to an aromatic ring is 1. The SMILES string of the molecule is CC(C)Oc1ccc(CCCNc2cccc(F)c2)cc1N. The molecule has 2 aromatic carbocycles. The molecule has 3 N–H and O–H groups in total. The van der Waals surface area contributed by atoms with Gasteiger partial charge in [0, 0.05) is 12.2 Å². The van der Waals surface area contributed by atoms with E-state index in [0.29, 0.717) is 5.69 Å². The number of hydrogen-bond acceptors (Lipinski definition) is 3. The molecule has 0 heterocycles. The molecule has 3 nitrogen and oxygen atoms in total. The third-order valence-corrected chi connectivity index (χ3v) is 3.23. The predicted molar refractivity (Wildman–Crippen MR) is 89.8 cm³/mol. The van der Waals surface area contributed by atoms with Gasteiger partial charge >= 0.3 is 0 Å². The first-order valence-corrected chi connectivity index (χ1v) is 7.59. The molecule has 4 heteroatoms. The fraction of sp³-hybridized carbons (Fsp3) is 0.333. The molecule has 0 saturated carbocycles. The van der Waals surface area contributed by atoms with Gasteiger partial charge in [0.25, 0.3) is 0 Å². The molecule has 118 valence electrons. The van der Waals surface area contributed by atoms with E-state index >= 15 is 0 Å². The molecule has 2 aromatic rings. The van der Waals surface area contributed by atoms with E-state index in [-0.39, 0.29) is 11.9 Å². The Morgan fingerprint density at radius 3 is 2.68 bits per heavy atom. The van der Waals surface area contributed by atoms with Gasteiger partial charge < -0.3 is 15.8 Å². The lowest BCUT2D eigenvalue weighted by Crippen LogP contribution is -2.08. The fourth-order valence-corrected chi connectivity index (χ4v) is 2.24. The van der Waals surface area contributed by atoms with Crippen LogP contribution in [0, 0.1) is 5.82 Å². The lowest BCUT2D eigenvalue weighted by atomic mass is 10.1. The zero-order valence-electron chi connectivity index (χ0n) is 13.1. The van der Waals surface area contributed by atoms with Crippen LogP contribution in [0.5, 0.6) is 5.75 Å². The number of rotatable bonds is 7. The summed E-state index contributed by atoms with van der Waals surface area (Å²) in [5, 5.41) is 3.21. The third-order valence-electron chi connectivity index (χ3n) is 3.23. The number of halogens is 1. The number of hydrogen-bond donors (Lipinski definition) is 2. The summed E-state index contributed by atoms with van der Waals surface area (Å²) in [5.41, 5.74) is 8.65. The molecule has 0 atom stereocenters. The summed E-state index contributed by atoms with van der Waals surface area (Å²) >= 11 is 0. The van der Waals surface area contributed by atoms with Crippen molar-refractivity contribution in [1.29, 1.82) is 0 Å². The van der Waals surface area contributed by atoms with Gasteiger partial charge in [0.2, 0.25) is 0 Å². The van der Waals surface area contributed by atoms with Gasteiger partial charge in [-0.25, -0.2) is 4.39 Å². The van der Waals surface area contributed by atoms with E-state index in [2.05, 4.69) is 5.32 Å². The molecule has 0 amide bonds. The van der Waals surface area contributed by atoms with Gasteiger partial charge in [0.1, 0.15) is 11.6 Å². The average Bonchev–Trinajstić information content (AvgIpc) is 2.46. The Labute approximate surface area is 131 Å². The lowest BCUT2D eigenvalue weighted by molar-refractivity contribution is 0.244. The van der Waals surface area contributed by atoms with Crippen molar-refractivity contribution in [3.63, 3.8) is 0 Å². The maximum atomic E-state index is 13.0. The largest absolute Gasteiger partial charge is 0.489 e. The minimum absolute atomic E-state index is 0.114. The Kier molecular flexibility index (Phi) is 5.64. The monoisotopic (exact) mass is 302 g/mol. The molecular weight excluding hydrogens is 279 g/mol. The minimum atomic E-state index is -0.224. The highest BCUT2D eigenvalue weighted by Crippen LogP contribution is 2.24. The second-order valence-corrected chi connectivity index (χ2v) is 5.58. The Hall–Kier alpha value is -2.23. The number of anilines is 2. The first-order chi connectivity index (χ1) is 10.5. The molecule has 2 rings (SSSR count). The first kappa shape index (κ1) is 16.1. The van der Waals surface area contributed by atoms with Gasteiger partial charge in [-0.2, -0.15) is 0 Å². The van der Waals surface area contributed by atoms with E-state index in [1.807, 2.05) is 38.1 Å². The Morgan fingerprint density at radius 1 is 1.18 bits per heavy atom. The first-order valence-electron chi connectivity index (χ1n) is 7.59. The van der Waals surface area contributed by atoms with Crippen molar-refractivity contribution in [2.24, 2.45) is 0 Å². The standard InChI is InChI=1S/C18H23FN2O/c1-13(2)22-18-9-8-14(11-17(18)20)5-4-10-21-16-7-3-6-15(19)12-16/h3,6-9,11-13,21H,4-5,10,20H2,1-2H3.